The van der Waals surface area contributed by atoms with Gasteiger partial charge >= 0.3 is 6.18 Å². The lowest BCUT2D eigenvalue weighted by atomic mass is 9.87. The predicted molar refractivity (Wildman–Crippen MR) is 107 cm³/mol. The molecule has 0 bridgehead atoms. The third-order valence-corrected chi connectivity index (χ3v) is 5.40. The number of hydrogen-bond acceptors (Lipinski definition) is 3. The lowest BCUT2D eigenvalue weighted by Gasteiger charge is -2.37. The largest absolute Gasteiger partial charge is 0.417 e. The first-order chi connectivity index (χ1) is 13.7. The fourth-order valence-corrected chi connectivity index (χ4v) is 3.70. The lowest BCUT2D eigenvalue weighted by molar-refractivity contribution is -0.138. The van der Waals surface area contributed by atoms with Gasteiger partial charge in [-0.25, -0.2) is 4.98 Å². The van der Waals surface area contributed by atoms with E-state index in [-0.39, 0.29) is 17.7 Å². The van der Waals surface area contributed by atoms with E-state index in [4.69, 9.17) is 11.6 Å². The molecule has 1 unspecified atom stereocenters. The molecule has 1 aliphatic rings. The maximum Gasteiger partial charge on any atom is 0.417 e. The quantitative estimate of drug-likeness (QED) is 0.703. The van der Waals surface area contributed by atoms with Crippen LogP contribution in [0.5, 0.6) is 0 Å². The molecule has 1 aliphatic heterocycles. The van der Waals surface area contributed by atoms with Crippen LogP contribution in [0.15, 0.2) is 42.6 Å². The lowest BCUT2D eigenvalue weighted by Crippen LogP contribution is -2.50. The van der Waals surface area contributed by atoms with Crippen molar-refractivity contribution in [3.63, 3.8) is 0 Å². The van der Waals surface area contributed by atoms with E-state index in [2.05, 4.69) is 4.98 Å². The van der Waals surface area contributed by atoms with Gasteiger partial charge in [-0.05, 0) is 35.7 Å². The Morgan fingerprint density at radius 3 is 2.14 bits per heavy atom. The number of benzene rings is 1. The highest BCUT2D eigenvalue weighted by atomic mass is 35.5. The summed E-state index contributed by atoms with van der Waals surface area (Å²) in [4.78, 5) is 20.8. The van der Waals surface area contributed by atoms with E-state index in [0.717, 1.165) is 17.8 Å². The Morgan fingerprint density at radius 1 is 1.03 bits per heavy atom. The summed E-state index contributed by atoms with van der Waals surface area (Å²) in [6, 6.07) is 9.75. The first kappa shape index (κ1) is 21.4. The molecule has 2 heterocycles. The molecule has 1 fully saturated rings. The van der Waals surface area contributed by atoms with Gasteiger partial charge in [-0.1, -0.05) is 37.6 Å². The zero-order valence-corrected chi connectivity index (χ0v) is 17.0. The standard InChI is InChI=1S/C21H23ClF3N3O/c1-14(2)19(15-3-6-17(22)7-4-15)20(29)28-11-9-27(10-12-28)18-8-5-16(13-26-18)21(23,24)25/h3-8,13-14,19H,9-12H2,1-2H3. The van der Waals surface area contributed by atoms with Gasteiger partial charge in [-0.2, -0.15) is 13.2 Å². The van der Waals surface area contributed by atoms with Gasteiger partial charge in [0.25, 0.3) is 0 Å². The summed E-state index contributed by atoms with van der Waals surface area (Å²) in [6.07, 6.45) is -3.55. The maximum absolute atomic E-state index is 13.2. The van der Waals surface area contributed by atoms with Crippen molar-refractivity contribution in [3.05, 3.63) is 58.7 Å². The number of halogens is 4. The summed E-state index contributed by atoms with van der Waals surface area (Å²) >= 11 is 5.96. The maximum atomic E-state index is 13.2. The van der Waals surface area contributed by atoms with Crippen molar-refractivity contribution < 1.29 is 18.0 Å². The van der Waals surface area contributed by atoms with Gasteiger partial charge in [0.2, 0.25) is 5.91 Å². The summed E-state index contributed by atoms with van der Waals surface area (Å²) in [5.74, 6) is 0.409. The van der Waals surface area contributed by atoms with Gasteiger partial charge in [0.05, 0.1) is 11.5 Å². The molecule has 1 amide bonds. The molecule has 0 N–H and O–H groups in total. The smallest absolute Gasteiger partial charge is 0.353 e. The van der Waals surface area contributed by atoms with Crippen LogP contribution in [0.25, 0.3) is 0 Å². The van der Waals surface area contributed by atoms with Crippen LogP contribution in [-0.4, -0.2) is 42.0 Å². The first-order valence-electron chi connectivity index (χ1n) is 9.49. The van der Waals surface area contributed by atoms with Crippen molar-refractivity contribution in [2.75, 3.05) is 31.1 Å². The van der Waals surface area contributed by atoms with E-state index in [9.17, 15) is 18.0 Å². The molecule has 0 radical (unpaired) electrons. The van der Waals surface area contributed by atoms with E-state index in [1.807, 2.05) is 35.8 Å². The molecule has 156 valence electrons. The third kappa shape index (κ3) is 5.01. The Kier molecular flexibility index (Phi) is 6.36. The zero-order chi connectivity index (χ0) is 21.2. The number of carbonyl (C=O) groups excluding carboxylic acids is 1. The van der Waals surface area contributed by atoms with Gasteiger partial charge in [-0.15, -0.1) is 0 Å². The van der Waals surface area contributed by atoms with Crippen molar-refractivity contribution in [2.24, 2.45) is 5.92 Å². The number of rotatable bonds is 4. The molecule has 2 aromatic rings. The molecule has 0 spiro atoms. The Hall–Kier alpha value is -2.28. The molecule has 29 heavy (non-hydrogen) atoms. The van der Waals surface area contributed by atoms with Crippen LogP contribution < -0.4 is 4.90 Å². The minimum Gasteiger partial charge on any atom is -0.353 e. The minimum absolute atomic E-state index is 0.0577. The monoisotopic (exact) mass is 425 g/mol. The number of nitrogens with zero attached hydrogens (tertiary/aromatic N) is 3. The van der Waals surface area contributed by atoms with Crippen LogP contribution in [-0.2, 0) is 11.0 Å². The van der Waals surface area contributed by atoms with Crippen molar-refractivity contribution in [1.29, 1.82) is 0 Å². The molecule has 1 aromatic carbocycles. The fraction of sp³-hybridized carbons (Fsp3) is 0.429. The molecule has 1 saturated heterocycles. The van der Waals surface area contributed by atoms with Crippen molar-refractivity contribution >= 4 is 23.3 Å². The van der Waals surface area contributed by atoms with Crippen molar-refractivity contribution in [2.45, 2.75) is 25.9 Å². The minimum atomic E-state index is -4.40. The Labute approximate surface area is 173 Å². The molecule has 0 saturated carbocycles. The second kappa shape index (κ2) is 8.61. The predicted octanol–water partition coefficient (Wildman–Crippen LogP) is 4.84. The number of amides is 1. The number of anilines is 1. The average Bonchev–Trinajstić information content (AvgIpc) is 2.69. The summed E-state index contributed by atoms with van der Waals surface area (Å²) in [6.45, 7) is 6.07. The Morgan fingerprint density at radius 2 is 1.66 bits per heavy atom. The van der Waals surface area contributed by atoms with Crippen LogP contribution in [0.1, 0.15) is 30.9 Å². The van der Waals surface area contributed by atoms with E-state index >= 15 is 0 Å². The van der Waals surface area contributed by atoms with Gasteiger partial charge in [0.15, 0.2) is 0 Å². The zero-order valence-electron chi connectivity index (χ0n) is 16.3. The van der Waals surface area contributed by atoms with E-state index < -0.39 is 11.7 Å². The molecular formula is C21H23ClF3N3O. The van der Waals surface area contributed by atoms with Crippen LogP contribution in [0.3, 0.4) is 0 Å². The summed E-state index contributed by atoms with van der Waals surface area (Å²) < 4.78 is 38.1. The third-order valence-electron chi connectivity index (χ3n) is 5.15. The molecule has 1 aromatic heterocycles. The van der Waals surface area contributed by atoms with Crippen molar-refractivity contribution in [1.82, 2.24) is 9.88 Å². The number of alkyl halides is 3. The number of carbonyl (C=O) groups is 1. The molecule has 4 nitrogen and oxygen atoms in total. The normalized spacial score (nSPS) is 16.2. The number of piperazine rings is 1. The summed E-state index contributed by atoms with van der Waals surface area (Å²) in [5.41, 5.74) is 0.166. The molecular weight excluding hydrogens is 403 g/mol. The second-order valence-electron chi connectivity index (χ2n) is 7.49. The topological polar surface area (TPSA) is 36.4 Å². The number of pyridine rings is 1. The summed E-state index contributed by atoms with van der Waals surface area (Å²) in [7, 11) is 0. The van der Waals surface area contributed by atoms with E-state index in [0.29, 0.717) is 37.0 Å². The SMILES string of the molecule is CC(C)C(C(=O)N1CCN(c2ccc(C(F)(F)F)cn2)CC1)c1ccc(Cl)cc1. The molecule has 8 heteroatoms. The van der Waals surface area contributed by atoms with Crippen LogP contribution >= 0.6 is 11.6 Å². The highest BCUT2D eigenvalue weighted by Gasteiger charge is 2.32. The number of aromatic nitrogens is 1. The van der Waals surface area contributed by atoms with Gasteiger partial charge in [-0.3, -0.25) is 4.79 Å². The Bertz CT molecular complexity index is 830. The van der Waals surface area contributed by atoms with Crippen LogP contribution in [0.2, 0.25) is 5.02 Å². The first-order valence-corrected chi connectivity index (χ1v) is 9.87. The van der Waals surface area contributed by atoms with Crippen LogP contribution in [0.4, 0.5) is 19.0 Å². The molecule has 1 atom stereocenters. The van der Waals surface area contributed by atoms with Gasteiger partial charge in [0, 0.05) is 37.4 Å². The highest BCUT2D eigenvalue weighted by Crippen LogP contribution is 2.30. The number of hydrogen-bond donors (Lipinski definition) is 0. The Balaban J connectivity index is 1.66. The average molecular weight is 426 g/mol. The second-order valence-corrected chi connectivity index (χ2v) is 7.92. The van der Waals surface area contributed by atoms with E-state index in [1.54, 1.807) is 12.1 Å². The summed E-state index contributed by atoms with van der Waals surface area (Å²) in [5, 5.41) is 0.626. The van der Waals surface area contributed by atoms with E-state index in [1.165, 1.54) is 6.07 Å². The molecule has 0 aliphatic carbocycles. The highest BCUT2D eigenvalue weighted by molar-refractivity contribution is 6.30. The fourth-order valence-electron chi connectivity index (χ4n) is 3.58. The van der Waals surface area contributed by atoms with Gasteiger partial charge < -0.3 is 9.80 Å². The van der Waals surface area contributed by atoms with Gasteiger partial charge in [0.1, 0.15) is 5.82 Å². The molecule has 3 rings (SSSR count). The van der Waals surface area contributed by atoms with Crippen LogP contribution in [0, 0.1) is 5.92 Å². The van der Waals surface area contributed by atoms with Crippen molar-refractivity contribution in [3.8, 4) is 0 Å².